The van der Waals surface area contributed by atoms with E-state index in [-0.39, 0.29) is 5.91 Å². The lowest BCUT2D eigenvalue weighted by molar-refractivity contribution is -0.121. The van der Waals surface area contributed by atoms with Crippen molar-refractivity contribution in [3.05, 3.63) is 0 Å². The SMILES string of the molecule is CC1(C)CC1CNCC(=O)NC1CCCCC1. The first-order chi connectivity index (χ1) is 8.08. The molecule has 2 N–H and O–H groups in total. The Morgan fingerprint density at radius 3 is 2.47 bits per heavy atom. The molecule has 2 fully saturated rings. The number of amides is 1. The van der Waals surface area contributed by atoms with Gasteiger partial charge in [-0.1, -0.05) is 33.1 Å². The van der Waals surface area contributed by atoms with Crippen LogP contribution in [0.1, 0.15) is 52.4 Å². The van der Waals surface area contributed by atoms with Crippen molar-refractivity contribution >= 4 is 5.91 Å². The first kappa shape index (κ1) is 12.9. The highest BCUT2D eigenvalue weighted by Gasteiger charge is 2.44. The van der Waals surface area contributed by atoms with Crippen LogP contribution in [0.4, 0.5) is 0 Å². The maximum absolute atomic E-state index is 11.7. The molecule has 0 radical (unpaired) electrons. The van der Waals surface area contributed by atoms with Crippen molar-refractivity contribution in [3.8, 4) is 0 Å². The lowest BCUT2D eigenvalue weighted by Crippen LogP contribution is -2.41. The van der Waals surface area contributed by atoms with Gasteiger partial charge in [0.1, 0.15) is 0 Å². The summed E-state index contributed by atoms with van der Waals surface area (Å²) in [4.78, 5) is 11.7. The minimum Gasteiger partial charge on any atom is -0.352 e. The zero-order valence-electron chi connectivity index (χ0n) is 11.2. The average Bonchev–Trinajstić information content (AvgIpc) is 2.88. The van der Waals surface area contributed by atoms with Gasteiger partial charge in [0.2, 0.25) is 5.91 Å². The van der Waals surface area contributed by atoms with E-state index in [1.807, 2.05) is 0 Å². The predicted octanol–water partition coefficient (Wildman–Crippen LogP) is 2.07. The van der Waals surface area contributed by atoms with Crippen LogP contribution in [0, 0.1) is 11.3 Å². The van der Waals surface area contributed by atoms with E-state index in [1.54, 1.807) is 0 Å². The third-order valence-corrected chi connectivity index (χ3v) is 4.36. The van der Waals surface area contributed by atoms with Crippen LogP contribution in [0.2, 0.25) is 0 Å². The number of hydrogen-bond acceptors (Lipinski definition) is 2. The van der Waals surface area contributed by atoms with Crippen molar-refractivity contribution in [2.45, 2.75) is 58.4 Å². The number of nitrogens with one attached hydrogen (secondary N) is 2. The summed E-state index contributed by atoms with van der Waals surface area (Å²) in [6.07, 6.45) is 7.51. The lowest BCUT2D eigenvalue weighted by atomic mass is 9.95. The summed E-state index contributed by atoms with van der Waals surface area (Å²) in [7, 11) is 0. The van der Waals surface area contributed by atoms with Crippen LogP contribution in [-0.4, -0.2) is 25.0 Å². The maximum atomic E-state index is 11.7. The van der Waals surface area contributed by atoms with Gasteiger partial charge in [0.25, 0.3) is 0 Å². The lowest BCUT2D eigenvalue weighted by Gasteiger charge is -2.22. The fourth-order valence-corrected chi connectivity index (χ4v) is 2.81. The van der Waals surface area contributed by atoms with Crippen molar-refractivity contribution in [2.75, 3.05) is 13.1 Å². The van der Waals surface area contributed by atoms with E-state index in [0.717, 1.165) is 12.5 Å². The molecule has 3 nitrogen and oxygen atoms in total. The molecule has 2 aliphatic rings. The number of carbonyl (C=O) groups is 1. The van der Waals surface area contributed by atoms with E-state index >= 15 is 0 Å². The van der Waals surface area contributed by atoms with Crippen molar-refractivity contribution in [1.82, 2.24) is 10.6 Å². The van der Waals surface area contributed by atoms with E-state index < -0.39 is 0 Å². The van der Waals surface area contributed by atoms with Crippen LogP contribution in [0.5, 0.6) is 0 Å². The first-order valence-corrected chi connectivity index (χ1v) is 7.08. The molecule has 0 saturated heterocycles. The fraction of sp³-hybridized carbons (Fsp3) is 0.929. The molecule has 2 rings (SSSR count). The molecule has 0 bridgehead atoms. The van der Waals surface area contributed by atoms with Gasteiger partial charge in [-0.3, -0.25) is 4.79 Å². The summed E-state index contributed by atoms with van der Waals surface area (Å²) in [5.74, 6) is 0.945. The molecule has 17 heavy (non-hydrogen) atoms. The van der Waals surface area contributed by atoms with Crippen LogP contribution in [-0.2, 0) is 4.79 Å². The Balaban J connectivity index is 1.54. The molecule has 2 aliphatic carbocycles. The summed E-state index contributed by atoms with van der Waals surface area (Å²) in [5.41, 5.74) is 0.507. The van der Waals surface area contributed by atoms with Gasteiger partial charge in [0, 0.05) is 6.04 Å². The molecule has 98 valence electrons. The molecular formula is C14H26N2O. The highest BCUT2D eigenvalue weighted by Crippen LogP contribution is 2.50. The van der Waals surface area contributed by atoms with Crippen LogP contribution >= 0.6 is 0 Å². The molecule has 0 aliphatic heterocycles. The molecule has 3 heteroatoms. The zero-order valence-corrected chi connectivity index (χ0v) is 11.2. The van der Waals surface area contributed by atoms with Crippen molar-refractivity contribution in [3.63, 3.8) is 0 Å². The maximum Gasteiger partial charge on any atom is 0.234 e. The van der Waals surface area contributed by atoms with Crippen molar-refractivity contribution < 1.29 is 4.79 Å². The van der Waals surface area contributed by atoms with Gasteiger partial charge in [0.05, 0.1) is 6.54 Å². The van der Waals surface area contributed by atoms with E-state index in [4.69, 9.17) is 0 Å². The van der Waals surface area contributed by atoms with E-state index in [9.17, 15) is 4.79 Å². The average molecular weight is 238 g/mol. The molecule has 0 aromatic carbocycles. The molecule has 1 amide bonds. The van der Waals surface area contributed by atoms with Gasteiger partial charge in [-0.2, -0.15) is 0 Å². The van der Waals surface area contributed by atoms with Gasteiger partial charge < -0.3 is 10.6 Å². The predicted molar refractivity (Wildman–Crippen MR) is 69.8 cm³/mol. The van der Waals surface area contributed by atoms with Gasteiger partial charge in [-0.25, -0.2) is 0 Å². The molecule has 1 atom stereocenters. The molecule has 0 aromatic heterocycles. The van der Waals surface area contributed by atoms with Crippen LogP contribution in [0.3, 0.4) is 0 Å². The van der Waals surface area contributed by atoms with Gasteiger partial charge in [0.15, 0.2) is 0 Å². The van der Waals surface area contributed by atoms with Crippen LogP contribution in [0.15, 0.2) is 0 Å². The second-order valence-corrected chi connectivity index (χ2v) is 6.42. The van der Waals surface area contributed by atoms with Crippen LogP contribution < -0.4 is 10.6 Å². The Bertz CT molecular complexity index is 269. The Labute approximate surface area is 105 Å². The van der Waals surface area contributed by atoms with Gasteiger partial charge in [-0.15, -0.1) is 0 Å². The quantitative estimate of drug-likeness (QED) is 0.770. The summed E-state index contributed by atoms with van der Waals surface area (Å²) < 4.78 is 0. The molecule has 0 heterocycles. The second-order valence-electron chi connectivity index (χ2n) is 6.42. The smallest absolute Gasteiger partial charge is 0.234 e. The largest absolute Gasteiger partial charge is 0.352 e. The second kappa shape index (κ2) is 5.38. The zero-order chi connectivity index (χ0) is 12.3. The Kier molecular flexibility index (Phi) is 4.08. The summed E-state index contributed by atoms with van der Waals surface area (Å²) in [6.45, 7) is 6.07. The fourth-order valence-electron chi connectivity index (χ4n) is 2.81. The minimum absolute atomic E-state index is 0.176. The molecular weight excluding hydrogens is 212 g/mol. The Morgan fingerprint density at radius 1 is 1.24 bits per heavy atom. The van der Waals surface area contributed by atoms with Crippen molar-refractivity contribution in [1.29, 1.82) is 0 Å². The third-order valence-electron chi connectivity index (χ3n) is 4.36. The van der Waals surface area contributed by atoms with Crippen LogP contribution in [0.25, 0.3) is 0 Å². The number of carbonyl (C=O) groups excluding carboxylic acids is 1. The third kappa shape index (κ3) is 3.98. The van der Waals surface area contributed by atoms with Crippen molar-refractivity contribution in [2.24, 2.45) is 11.3 Å². The first-order valence-electron chi connectivity index (χ1n) is 7.08. The highest BCUT2D eigenvalue weighted by molar-refractivity contribution is 5.78. The summed E-state index contributed by atoms with van der Waals surface area (Å²) in [6, 6.07) is 0.440. The summed E-state index contributed by atoms with van der Waals surface area (Å²) in [5, 5.41) is 6.41. The van der Waals surface area contributed by atoms with E-state index in [0.29, 0.717) is 18.0 Å². The normalized spacial score (nSPS) is 27.8. The highest BCUT2D eigenvalue weighted by atomic mass is 16.1. The van der Waals surface area contributed by atoms with E-state index in [2.05, 4.69) is 24.5 Å². The van der Waals surface area contributed by atoms with Gasteiger partial charge in [-0.05, 0) is 37.1 Å². The number of hydrogen-bond donors (Lipinski definition) is 2. The van der Waals surface area contributed by atoms with Gasteiger partial charge >= 0.3 is 0 Å². The monoisotopic (exact) mass is 238 g/mol. The standard InChI is InChI=1S/C14H26N2O/c1-14(2)8-11(14)9-15-10-13(17)16-12-6-4-3-5-7-12/h11-12,15H,3-10H2,1-2H3,(H,16,17). The summed E-state index contributed by atoms with van der Waals surface area (Å²) >= 11 is 0. The number of rotatable bonds is 5. The topological polar surface area (TPSA) is 41.1 Å². The van der Waals surface area contributed by atoms with E-state index in [1.165, 1.54) is 38.5 Å². The molecule has 0 aromatic rings. The Hall–Kier alpha value is -0.570. The molecule has 0 spiro atoms. The molecule has 1 unspecified atom stereocenters. The molecule has 2 saturated carbocycles. The Morgan fingerprint density at radius 2 is 1.88 bits per heavy atom. The minimum atomic E-state index is 0.176.